The molecule has 0 spiro atoms. The van der Waals surface area contributed by atoms with Gasteiger partial charge in [0.1, 0.15) is 0 Å². The van der Waals surface area contributed by atoms with Gasteiger partial charge < -0.3 is 4.57 Å². The van der Waals surface area contributed by atoms with Gasteiger partial charge in [-0.3, -0.25) is 4.39 Å². The topological polar surface area (TPSA) is 55.2 Å². The zero-order valence-electron chi connectivity index (χ0n) is 11.4. The fourth-order valence-corrected chi connectivity index (χ4v) is 5.22. The number of alkyl halides is 1. The van der Waals surface area contributed by atoms with Crippen molar-refractivity contribution in [1.82, 2.24) is 13.9 Å². The third kappa shape index (κ3) is 2.61. The Morgan fingerprint density at radius 1 is 1.25 bits per heavy atom. The first-order chi connectivity index (χ1) is 9.60. The Bertz CT molecular complexity index is 540. The molecule has 2 atom stereocenters. The highest BCUT2D eigenvalue weighted by atomic mass is 32.2. The normalized spacial score (nSPS) is 28.6. The number of halogens is 1. The first kappa shape index (κ1) is 14.0. The van der Waals surface area contributed by atoms with Gasteiger partial charge in [-0.2, -0.15) is 4.31 Å². The van der Waals surface area contributed by atoms with E-state index in [1.807, 2.05) is 10.8 Å². The van der Waals surface area contributed by atoms with Crippen LogP contribution < -0.4 is 0 Å². The second-order valence-corrected chi connectivity index (χ2v) is 7.88. The SMILES string of the molecule is O=S(=O)(C[C@@H]1CCC[C@H]1CF)N1CC(n2ccnc2)C1. The summed E-state index contributed by atoms with van der Waals surface area (Å²) in [6.07, 6.45) is 7.88. The summed E-state index contributed by atoms with van der Waals surface area (Å²) in [6, 6.07) is 0.188. The van der Waals surface area contributed by atoms with Gasteiger partial charge in [0.25, 0.3) is 0 Å². The Kier molecular flexibility index (Phi) is 3.81. The monoisotopic (exact) mass is 301 g/mol. The van der Waals surface area contributed by atoms with Gasteiger partial charge in [0.2, 0.25) is 10.0 Å². The molecule has 20 heavy (non-hydrogen) atoms. The molecule has 1 saturated carbocycles. The van der Waals surface area contributed by atoms with Crippen molar-refractivity contribution in [2.75, 3.05) is 25.5 Å². The lowest BCUT2D eigenvalue weighted by molar-refractivity contribution is 0.201. The Labute approximate surface area is 118 Å². The van der Waals surface area contributed by atoms with Gasteiger partial charge in [-0.1, -0.05) is 6.42 Å². The van der Waals surface area contributed by atoms with Gasteiger partial charge in [-0.15, -0.1) is 0 Å². The zero-order valence-corrected chi connectivity index (χ0v) is 12.2. The fourth-order valence-electron chi connectivity index (χ4n) is 3.23. The van der Waals surface area contributed by atoms with E-state index >= 15 is 0 Å². The first-order valence-electron chi connectivity index (χ1n) is 7.11. The second-order valence-electron chi connectivity index (χ2n) is 5.86. The zero-order chi connectivity index (χ0) is 14.2. The summed E-state index contributed by atoms with van der Waals surface area (Å²) in [7, 11) is -3.24. The minimum atomic E-state index is -3.24. The standard InChI is InChI=1S/C13H20FN3O2S/c14-6-11-2-1-3-12(11)9-20(18,19)17-7-13(8-17)16-5-4-15-10-16/h4-5,10-13H,1-3,6-9H2/t11-,12-/m0/s1. The van der Waals surface area contributed by atoms with E-state index < -0.39 is 16.7 Å². The van der Waals surface area contributed by atoms with Gasteiger partial charge in [0.05, 0.1) is 24.8 Å². The van der Waals surface area contributed by atoms with E-state index in [0.29, 0.717) is 13.1 Å². The second kappa shape index (κ2) is 5.44. The molecular weight excluding hydrogens is 281 g/mol. The fraction of sp³-hybridized carbons (Fsp3) is 0.769. The van der Waals surface area contributed by atoms with Gasteiger partial charge in [0, 0.05) is 25.5 Å². The van der Waals surface area contributed by atoms with Crippen LogP contribution in [0.15, 0.2) is 18.7 Å². The number of rotatable bonds is 5. The van der Waals surface area contributed by atoms with Crippen molar-refractivity contribution in [2.24, 2.45) is 11.8 Å². The average molecular weight is 301 g/mol. The molecule has 5 nitrogen and oxygen atoms in total. The molecule has 1 saturated heterocycles. The van der Waals surface area contributed by atoms with Crippen LogP contribution in [0.4, 0.5) is 4.39 Å². The van der Waals surface area contributed by atoms with Crippen molar-refractivity contribution in [1.29, 1.82) is 0 Å². The molecule has 1 aromatic rings. The van der Waals surface area contributed by atoms with Gasteiger partial charge in [0.15, 0.2) is 0 Å². The van der Waals surface area contributed by atoms with Crippen LogP contribution in [0.25, 0.3) is 0 Å². The molecule has 1 aromatic heterocycles. The van der Waals surface area contributed by atoms with Crippen LogP contribution in [0.1, 0.15) is 25.3 Å². The van der Waals surface area contributed by atoms with E-state index in [4.69, 9.17) is 0 Å². The van der Waals surface area contributed by atoms with Crippen molar-refractivity contribution < 1.29 is 12.8 Å². The van der Waals surface area contributed by atoms with E-state index in [9.17, 15) is 12.8 Å². The number of hydrogen-bond acceptors (Lipinski definition) is 3. The summed E-state index contributed by atoms with van der Waals surface area (Å²) in [5, 5.41) is 0. The Morgan fingerprint density at radius 3 is 2.65 bits per heavy atom. The molecule has 0 N–H and O–H groups in total. The van der Waals surface area contributed by atoms with Gasteiger partial charge in [-0.25, -0.2) is 13.4 Å². The number of imidazole rings is 1. The van der Waals surface area contributed by atoms with Crippen molar-refractivity contribution in [3.8, 4) is 0 Å². The average Bonchev–Trinajstić information content (AvgIpc) is 2.97. The van der Waals surface area contributed by atoms with Crippen LogP contribution in [-0.4, -0.2) is 47.8 Å². The predicted octanol–water partition coefficient (Wildman–Crippen LogP) is 1.46. The maximum absolute atomic E-state index is 12.8. The summed E-state index contributed by atoms with van der Waals surface area (Å²) in [5.41, 5.74) is 0. The van der Waals surface area contributed by atoms with Crippen molar-refractivity contribution in [3.63, 3.8) is 0 Å². The van der Waals surface area contributed by atoms with E-state index in [2.05, 4.69) is 4.98 Å². The first-order valence-corrected chi connectivity index (χ1v) is 8.72. The number of hydrogen-bond donors (Lipinski definition) is 0. The quantitative estimate of drug-likeness (QED) is 0.827. The Morgan fingerprint density at radius 2 is 2.00 bits per heavy atom. The van der Waals surface area contributed by atoms with Crippen molar-refractivity contribution in [2.45, 2.75) is 25.3 Å². The minimum absolute atomic E-state index is 0.00250. The lowest BCUT2D eigenvalue weighted by atomic mass is 10.00. The number of sulfonamides is 1. The Hall–Kier alpha value is -0.950. The molecule has 1 aliphatic heterocycles. The number of aromatic nitrogens is 2. The van der Waals surface area contributed by atoms with Crippen LogP contribution in [0.5, 0.6) is 0 Å². The summed E-state index contributed by atoms with van der Waals surface area (Å²) in [6.45, 7) is 0.620. The molecule has 112 valence electrons. The number of nitrogens with zero attached hydrogens (tertiary/aromatic N) is 3. The highest BCUT2D eigenvalue weighted by molar-refractivity contribution is 7.89. The molecule has 1 aliphatic carbocycles. The maximum atomic E-state index is 12.8. The molecular formula is C13H20FN3O2S. The van der Waals surface area contributed by atoms with E-state index in [1.165, 1.54) is 4.31 Å². The van der Waals surface area contributed by atoms with Crippen LogP contribution >= 0.6 is 0 Å². The summed E-state index contributed by atoms with van der Waals surface area (Å²) >= 11 is 0. The minimum Gasteiger partial charge on any atom is -0.332 e. The molecule has 0 aromatic carbocycles. The van der Waals surface area contributed by atoms with Gasteiger partial charge in [-0.05, 0) is 24.7 Å². The largest absolute Gasteiger partial charge is 0.332 e. The van der Waals surface area contributed by atoms with E-state index in [-0.39, 0.29) is 23.6 Å². The maximum Gasteiger partial charge on any atom is 0.214 e. The van der Waals surface area contributed by atoms with Crippen molar-refractivity contribution in [3.05, 3.63) is 18.7 Å². The highest BCUT2D eigenvalue weighted by Crippen LogP contribution is 2.35. The molecule has 3 rings (SSSR count). The summed E-state index contributed by atoms with van der Waals surface area (Å²) in [5.74, 6) is 0.0471. The molecule has 2 aliphatic rings. The summed E-state index contributed by atoms with van der Waals surface area (Å²) in [4.78, 5) is 3.97. The molecule has 0 bridgehead atoms. The molecule has 0 radical (unpaired) electrons. The molecule has 2 fully saturated rings. The van der Waals surface area contributed by atoms with E-state index in [1.54, 1.807) is 12.5 Å². The van der Waals surface area contributed by atoms with Crippen LogP contribution in [0.3, 0.4) is 0 Å². The molecule has 0 amide bonds. The van der Waals surface area contributed by atoms with Crippen LogP contribution in [0.2, 0.25) is 0 Å². The van der Waals surface area contributed by atoms with Crippen LogP contribution in [0, 0.1) is 11.8 Å². The lowest BCUT2D eigenvalue weighted by Gasteiger charge is -2.39. The Balaban J connectivity index is 1.57. The predicted molar refractivity (Wildman–Crippen MR) is 73.4 cm³/mol. The third-order valence-corrected chi connectivity index (χ3v) is 6.54. The lowest BCUT2D eigenvalue weighted by Crippen LogP contribution is -2.51. The van der Waals surface area contributed by atoms with Gasteiger partial charge >= 0.3 is 0 Å². The third-order valence-electron chi connectivity index (χ3n) is 4.61. The smallest absolute Gasteiger partial charge is 0.214 e. The van der Waals surface area contributed by atoms with E-state index in [0.717, 1.165) is 19.3 Å². The molecule has 2 heterocycles. The molecule has 7 heteroatoms. The van der Waals surface area contributed by atoms with Crippen LogP contribution in [-0.2, 0) is 10.0 Å². The van der Waals surface area contributed by atoms with Crippen molar-refractivity contribution >= 4 is 10.0 Å². The highest BCUT2D eigenvalue weighted by Gasteiger charge is 2.39. The summed E-state index contributed by atoms with van der Waals surface area (Å²) < 4.78 is 41.0. The molecule has 0 unspecified atom stereocenters.